The van der Waals surface area contributed by atoms with E-state index >= 15 is 0 Å². The van der Waals surface area contributed by atoms with Gasteiger partial charge in [-0.05, 0) is 18.9 Å². The monoisotopic (exact) mass is 337 g/mol. The maximum absolute atomic E-state index is 14.0. The van der Waals surface area contributed by atoms with Gasteiger partial charge in [-0.1, -0.05) is 53.7 Å². The average molecular weight is 337 g/mol. The SMILES string of the molecule is O=C(NCc1nc(-c2ccccc2)no1)C1(c2ccccc2F)CC1. The normalized spacial score (nSPS) is 14.9. The smallest absolute Gasteiger partial charge is 0.246 e. The van der Waals surface area contributed by atoms with E-state index in [1.165, 1.54) is 6.07 Å². The molecule has 0 atom stereocenters. The van der Waals surface area contributed by atoms with Crippen molar-refractivity contribution in [1.82, 2.24) is 15.5 Å². The van der Waals surface area contributed by atoms with Gasteiger partial charge in [0.25, 0.3) is 0 Å². The number of carbonyl (C=O) groups excluding carboxylic acids is 1. The quantitative estimate of drug-likeness (QED) is 0.776. The molecular weight excluding hydrogens is 321 g/mol. The van der Waals surface area contributed by atoms with Crippen molar-refractivity contribution in [3.05, 3.63) is 71.9 Å². The molecule has 1 N–H and O–H groups in total. The van der Waals surface area contributed by atoms with Crippen LogP contribution in [0.4, 0.5) is 4.39 Å². The zero-order chi connectivity index (χ0) is 17.3. The second-order valence-corrected chi connectivity index (χ2v) is 6.12. The highest BCUT2D eigenvalue weighted by Crippen LogP contribution is 2.49. The highest BCUT2D eigenvalue weighted by molar-refractivity contribution is 5.91. The molecule has 1 fully saturated rings. The molecular formula is C19H16FN3O2. The molecule has 3 aromatic rings. The van der Waals surface area contributed by atoms with Gasteiger partial charge in [0.2, 0.25) is 17.6 Å². The number of hydrogen-bond donors (Lipinski definition) is 1. The number of halogens is 1. The number of rotatable bonds is 5. The fourth-order valence-corrected chi connectivity index (χ4v) is 2.95. The van der Waals surface area contributed by atoms with Gasteiger partial charge >= 0.3 is 0 Å². The number of nitrogens with zero attached hydrogens (tertiary/aromatic N) is 2. The molecule has 25 heavy (non-hydrogen) atoms. The Labute approximate surface area is 143 Å². The van der Waals surface area contributed by atoms with Crippen molar-refractivity contribution in [2.75, 3.05) is 0 Å². The molecule has 0 bridgehead atoms. The van der Waals surface area contributed by atoms with E-state index in [0.717, 1.165) is 5.56 Å². The summed E-state index contributed by atoms with van der Waals surface area (Å²) in [5, 5.41) is 6.71. The number of carbonyl (C=O) groups is 1. The van der Waals surface area contributed by atoms with E-state index in [2.05, 4.69) is 15.5 Å². The lowest BCUT2D eigenvalue weighted by Gasteiger charge is -2.15. The summed E-state index contributed by atoms with van der Waals surface area (Å²) in [6.45, 7) is 0.120. The molecule has 4 rings (SSSR count). The summed E-state index contributed by atoms with van der Waals surface area (Å²) in [6.07, 6.45) is 1.28. The summed E-state index contributed by atoms with van der Waals surface area (Å²) < 4.78 is 19.2. The first-order chi connectivity index (χ1) is 12.2. The van der Waals surface area contributed by atoms with Gasteiger partial charge in [0.1, 0.15) is 5.82 Å². The third kappa shape index (κ3) is 2.91. The van der Waals surface area contributed by atoms with Gasteiger partial charge in [0.15, 0.2) is 0 Å². The van der Waals surface area contributed by atoms with E-state index in [4.69, 9.17) is 4.52 Å². The summed E-state index contributed by atoms with van der Waals surface area (Å²) in [5.74, 6) is 0.230. The van der Waals surface area contributed by atoms with Crippen LogP contribution in [0.3, 0.4) is 0 Å². The first-order valence-electron chi connectivity index (χ1n) is 8.10. The molecule has 0 aliphatic heterocycles. The minimum Gasteiger partial charge on any atom is -0.346 e. The van der Waals surface area contributed by atoms with Gasteiger partial charge in [-0.15, -0.1) is 0 Å². The maximum Gasteiger partial charge on any atom is 0.246 e. The lowest BCUT2D eigenvalue weighted by molar-refractivity contribution is -0.123. The lowest BCUT2D eigenvalue weighted by atomic mass is 9.94. The molecule has 5 nitrogen and oxygen atoms in total. The van der Waals surface area contributed by atoms with Crippen molar-refractivity contribution in [1.29, 1.82) is 0 Å². The Morgan fingerprint density at radius 2 is 1.84 bits per heavy atom. The van der Waals surface area contributed by atoms with Crippen molar-refractivity contribution in [2.24, 2.45) is 0 Å². The van der Waals surface area contributed by atoms with Crippen molar-refractivity contribution < 1.29 is 13.7 Å². The topological polar surface area (TPSA) is 68.0 Å². The van der Waals surface area contributed by atoms with E-state index in [1.54, 1.807) is 18.2 Å². The number of amides is 1. The molecule has 6 heteroatoms. The minimum atomic E-state index is -0.770. The van der Waals surface area contributed by atoms with Crippen LogP contribution >= 0.6 is 0 Å². The van der Waals surface area contributed by atoms with E-state index < -0.39 is 5.41 Å². The summed E-state index contributed by atoms with van der Waals surface area (Å²) in [5.41, 5.74) is 0.519. The molecule has 0 spiro atoms. The van der Waals surface area contributed by atoms with Crippen LogP contribution in [-0.4, -0.2) is 16.0 Å². The largest absolute Gasteiger partial charge is 0.346 e. The Hall–Kier alpha value is -3.02. The third-order valence-electron chi connectivity index (χ3n) is 4.47. The lowest BCUT2D eigenvalue weighted by Crippen LogP contribution is -2.35. The molecule has 126 valence electrons. The standard InChI is InChI=1S/C19H16FN3O2/c20-15-9-5-4-8-14(15)19(10-11-19)18(24)21-12-16-22-17(23-25-16)13-6-2-1-3-7-13/h1-9H,10-12H2,(H,21,24). The van der Waals surface area contributed by atoms with Crippen LogP contribution < -0.4 is 5.32 Å². The van der Waals surface area contributed by atoms with Crippen LogP contribution in [0.2, 0.25) is 0 Å². The zero-order valence-corrected chi connectivity index (χ0v) is 13.4. The first-order valence-corrected chi connectivity index (χ1v) is 8.10. The number of hydrogen-bond acceptors (Lipinski definition) is 4. The zero-order valence-electron chi connectivity index (χ0n) is 13.4. The van der Waals surface area contributed by atoms with Crippen molar-refractivity contribution in [3.63, 3.8) is 0 Å². The Morgan fingerprint density at radius 3 is 2.56 bits per heavy atom. The summed E-state index contributed by atoms with van der Waals surface area (Å²) in [4.78, 5) is 16.8. The number of aromatic nitrogens is 2. The van der Waals surface area contributed by atoms with Gasteiger partial charge in [-0.25, -0.2) is 4.39 Å². The molecule has 1 heterocycles. The maximum atomic E-state index is 14.0. The van der Waals surface area contributed by atoms with Crippen molar-refractivity contribution in [3.8, 4) is 11.4 Å². The Balaban J connectivity index is 1.45. The van der Waals surface area contributed by atoms with E-state index in [9.17, 15) is 9.18 Å². The highest BCUT2D eigenvalue weighted by atomic mass is 19.1. The van der Waals surface area contributed by atoms with Gasteiger partial charge in [0, 0.05) is 11.1 Å². The molecule has 0 saturated heterocycles. The summed E-state index contributed by atoms with van der Waals surface area (Å²) in [7, 11) is 0. The molecule has 1 aliphatic carbocycles. The molecule has 0 unspecified atom stereocenters. The Morgan fingerprint density at radius 1 is 1.12 bits per heavy atom. The van der Waals surface area contributed by atoms with Crippen molar-refractivity contribution >= 4 is 5.91 Å². The molecule has 1 aliphatic rings. The molecule has 2 aromatic carbocycles. The average Bonchev–Trinajstić information content (AvgIpc) is 3.32. The van der Waals surface area contributed by atoms with Crippen LogP contribution in [0.25, 0.3) is 11.4 Å². The molecule has 1 aromatic heterocycles. The minimum absolute atomic E-state index is 0.120. The summed E-state index contributed by atoms with van der Waals surface area (Å²) >= 11 is 0. The van der Waals surface area contributed by atoms with Crippen molar-refractivity contribution in [2.45, 2.75) is 24.8 Å². The molecule has 1 saturated carbocycles. The predicted molar refractivity (Wildman–Crippen MR) is 88.9 cm³/mol. The van der Waals surface area contributed by atoms with E-state index in [-0.39, 0.29) is 18.3 Å². The van der Waals surface area contributed by atoms with Crippen LogP contribution in [-0.2, 0) is 16.8 Å². The second-order valence-electron chi connectivity index (χ2n) is 6.12. The van der Waals surface area contributed by atoms with Crippen LogP contribution in [0, 0.1) is 5.82 Å². The van der Waals surface area contributed by atoms with Gasteiger partial charge < -0.3 is 9.84 Å². The van der Waals surface area contributed by atoms with E-state index in [1.807, 2.05) is 30.3 Å². The number of benzene rings is 2. The summed E-state index contributed by atoms with van der Waals surface area (Å²) in [6, 6.07) is 15.9. The van der Waals surface area contributed by atoms with Gasteiger partial charge in [-0.3, -0.25) is 4.79 Å². The van der Waals surface area contributed by atoms with Crippen LogP contribution in [0.15, 0.2) is 59.1 Å². The third-order valence-corrected chi connectivity index (χ3v) is 4.47. The van der Waals surface area contributed by atoms with Crippen LogP contribution in [0.5, 0.6) is 0 Å². The highest BCUT2D eigenvalue weighted by Gasteiger charge is 2.52. The van der Waals surface area contributed by atoms with Gasteiger partial charge in [0.05, 0.1) is 12.0 Å². The van der Waals surface area contributed by atoms with Gasteiger partial charge in [-0.2, -0.15) is 4.98 Å². The Bertz CT molecular complexity index is 904. The molecule has 1 amide bonds. The first kappa shape index (κ1) is 15.5. The molecule has 0 radical (unpaired) electrons. The van der Waals surface area contributed by atoms with Crippen LogP contribution in [0.1, 0.15) is 24.3 Å². The second kappa shape index (κ2) is 6.12. The Kier molecular flexibility index (Phi) is 3.80. The predicted octanol–water partition coefficient (Wildman–Crippen LogP) is 3.22. The number of nitrogens with one attached hydrogen (secondary N) is 1. The van der Waals surface area contributed by atoms with E-state index in [0.29, 0.717) is 30.1 Å². The fourth-order valence-electron chi connectivity index (χ4n) is 2.95. The fraction of sp³-hybridized carbons (Fsp3) is 0.211.